The third kappa shape index (κ3) is 4.02. The molecule has 0 aliphatic heterocycles. The lowest BCUT2D eigenvalue weighted by Crippen LogP contribution is -2.37. The summed E-state index contributed by atoms with van der Waals surface area (Å²) in [6.45, 7) is -0.674. The highest BCUT2D eigenvalue weighted by atomic mass is 35.5. The number of carbonyl (C=O) groups is 3. The molecule has 0 bridgehead atoms. The largest absolute Gasteiger partial charge is 0.496 e. The van der Waals surface area contributed by atoms with Gasteiger partial charge in [0.05, 0.1) is 17.8 Å². The van der Waals surface area contributed by atoms with Gasteiger partial charge >= 0.3 is 12.0 Å². The van der Waals surface area contributed by atoms with Gasteiger partial charge in [-0.25, -0.2) is 9.59 Å². The molecule has 108 valence electrons. The van der Waals surface area contributed by atoms with Crippen LogP contribution in [0.1, 0.15) is 10.4 Å². The van der Waals surface area contributed by atoms with Gasteiger partial charge in [0, 0.05) is 6.07 Å². The first-order chi connectivity index (χ1) is 9.35. The number of nitrogens with one attached hydrogen (secondary N) is 1. The zero-order valence-electron chi connectivity index (χ0n) is 10.4. The minimum Gasteiger partial charge on any atom is -0.496 e. The van der Waals surface area contributed by atoms with Crippen LogP contribution < -0.4 is 21.5 Å². The Morgan fingerprint density at radius 3 is 2.55 bits per heavy atom. The molecule has 1 aromatic carbocycles. The Morgan fingerprint density at radius 1 is 1.35 bits per heavy atom. The fourth-order valence-corrected chi connectivity index (χ4v) is 1.44. The highest BCUT2D eigenvalue weighted by Gasteiger charge is 2.17. The molecule has 0 aliphatic carbocycles. The zero-order valence-corrected chi connectivity index (χ0v) is 11.2. The summed E-state index contributed by atoms with van der Waals surface area (Å²) in [4.78, 5) is 33.3. The summed E-state index contributed by atoms with van der Waals surface area (Å²) in [5.41, 5.74) is 10.5. The Bertz CT molecular complexity index is 561. The van der Waals surface area contributed by atoms with Crippen LogP contribution in [0.2, 0.25) is 5.02 Å². The number of anilines is 1. The number of halogens is 1. The number of nitrogens with two attached hydrogens (primary N) is 2. The van der Waals surface area contributed by atoms with E-state index in [9.17, 15) is 14.4 Å². The van der Waals surface area contributed by atoms with Crippen molar-refractivity contribution < 1.29 is 23.9 Å². The third-order valence-corrected chi connectivity index (χ3v) is 2.46. The second-order valence-corrected chi connectivity index (χ2v) is 3.97. The van der Waals surface area contributed by atoms with E-state index < -0.39 is 24.5 Å². The van der Waals surface area contributed by atoms with Crippen LogP contribution in [0.25, 0.3) is 0 Å². The van der Waals surface area contributed by atoms with Crippen LogP contribution in [-0.4, -0.2) is 31.6 Å². The topological polar surface area (TPSA) is 134 Å². The van der Waals surface area contributed by atoms with Crippen molar-refractivity contribution in [3.63, 3.8) is 0 Å². The number of nitrogen functional groups attached to an aromatic ring is 1. The number of ether oxygens (including phenoxy) is 2. The van der Waals surface area contributed by atoms with Crippen molar-refractivity contribution in [3.05, 3.63) is 22.7 Å². The van der Waals surface area contributed by atoms with Gasteiger partial charge < -0.3 is 20.9 Å². The van der Waals surface area contributed by atoms with Gasteiger partial charge in [0.25, 0.3) is 5.91 Å². The number of benzene rings is 1. The van der Waals surface area contributed by atoms with E-state index in [2.05, 4.69) is 4.74 Å². The molecule has 20 heavy (non-hydrogen) atoms. The van der Waals surface area contributed by atoms with Gasteiger partial charge in [0.1, 0.15) is 11.3 Å². The number of urea groups is 1. The van der Waals surface area contributed by atoms with Crippen molar-refractivity contribution >= 4 is 35.2 Å². The standard InChI is InChI=1S/C11H12ClN3O5/c1-19-8-3-7(13)6(12)2-5(8)10(17)20-4-9(16)15-11(14)18/h2-3H,4,13H2,1H3,(H3,14,15,16,18). The minimum atomic E-state index is -1.04. The van der Waals surface area contributed by atoms with Crippen LogP contribution in [0.4, 0.5) is 10.5 Å². The minimum absolute atomic E-state index is 0.00132. The summed E-state index contributed by atoms with van der Waals surface area (Å²) >= 11 is 5.79. The molecule has 0 spiro atoms. The molecule has 0 unspecified atom stereocenters. The van der Waals surface area contributed by atoms with E-state index in [0.717, 1.165) is 0 Å². The van der Waals surface area contributed by atoms with Crippen LogP contribution in [0, 0.1) is 0 Å². The Balaban J connectivity index is 2.80. The lowest BCUT2D eigenvalue weighted by molar-refractivity contribution is -0.123. The predicted octanol–water partition coefficient (Wildman–Crippen LogP) is 0.283. The molecule has 0 saturated heterocycles. The Labute approximate surface area is 119 Å². The van der Waals surface area contributed by atoms with Gasteiger partial charge in [-0.3, -0.25) is 10.1 Å². The van der Waals surface area contributed by atoms with E-state index in [1.165, 1.54) is 19.2 Å². The lowest BCUT2D eigenvalue weighted by Gasteiger charge is -2.10. The molecule has 5 N–H and O–H groups in total. The SMILES string of the molecule is COc1cc(N)c(Cl)cc1C(=O)OCC(=O)NC(N)=O. The van der Waals surface area contributed by atoms with Gasteiger partial charge in [0.2, 0.25) is 0 Å². The van der Waals surface area contributed by atoms with Crippen LogP contribution in [0.3, 0.4) is 0 Å². The maximum absolute atomic E-state index is 11.8. The molecule has 0 heterocycles. The Kier molecular flexibility index (Phi) is 5.15. The van der Waals surface area contributed by atoms with Crippen molar-refractivity contribution in [2.45, 2.75) is 0 Å². The number of amides is 3. The summed E-state index contributed by atoms with van der Waals surface area (Å²) in [5, 5.41) is 1.88. The van der Waals surface area contributed by atoms with Crippen LogP contribution in [0.5, 0.6) is 5.75 Å². The molecular weight excluding hydrogens is 290 g/mol. The number of carbonyl (C=O) groups excluding carboxylic acids is 3. The third-order valence-electron chi connectivity index (χ3n) is 2.14. The maximum atomic E-state index is 11.8. The first-order valence-electron chi connectivity index (χ1n) is 5.24. The number of rotatable bonds is 4. The quantitative estimate of drug-likeness (QED) is 0.540. The summed E-state index contributed by atoms with van der Waals surface area (Å²) in [5.74, 6) is -1.57. The Hall–Kier alpha value is -2.48. The normalized spacial score (nSPS) is 9.70. The van der Waals surface area contributed by atoms with Gasteiger partial charge in [-0.1, -0.05) is 11.6 Å². The van der Waals surface area contributed by atoms with E-state index in [-0.39, 0.29) is 22.0 Å². The molecule has 3 amide bonds. The molecule has 1 rings (SSSR count). The van der Waals surface area contributed by atoms with E-state index in [1.807, 2.05) is 0 Å². The number of primary amides is 1. The predicted molar refractivity (Wildman–Crippen MR) is 70.4 cm³/mol. The van der Waals surface area contributed by atoms with Crippen molar-refractivity contribution in [1.82, 2.24) is 5.32 Å². The maximum Gasteiger partial charge on any atom is 0.342 e. The molecule has 0 fully saturated rings. The van der Waals surface area contributed by atoms with Crippen LogP contribution in [-0.2, 0) is 9.53 Å². The molecule has 0 atom stereocenters. The molecular formula is C11H12ClN3O5. The first kappa shape index (κ1) is 15.6. The lowest BCUT2D eigenvalue weighted by atomic mass is 10.2. The molecule has 0 aliphatic rings. The Morgan fingerprint density at radius 2 is 2.00 bits per heavy atom. The fourth-order valence-electron chi connectivity index (χ4n) is 1.28. The summed E-state index contributed by atoms with van der Waals surface area (Å²) in [6.07, 6.45) is 0. The number of imide groups is 1. The van der Waals surface area contributed by atoms with E-state index >= 15 is 0 Å². The van der Waals surface area contributed by atoms with Crippen molar-refractivity contribution in [1.29, 1.82) is 0 Å². The van der Waals surface area contributed by atoms with Crippen molar-refractivity contribution in [2.24, 2.45) is 5.73 Å². The zero-order chi connectivity index (χ0) is 15.3. The average molecular weight is 302 g/mol. The summed E-state index contributed by atoms with van der Waals surface area (Å²) < 4.78 is 9.65. The highest BCUT2D eigenvalue weighted by Crippen LogP contribution is 2.29. The molecule has 0 radical (unpaired) electrons. The van der Waals surface area contributed by atoms with Crippen LogP contribution in [0.15, 0.2) is 12.1 Å². The highest BCUT2D eigenvalue weighted by molar-refractivity contribution is 6.33. The van der Waals surface area contributed by atoms with Gasteiger partial charge in [-0.15, -0.1) is 0 Å². The monoisotopic (exact) mass is 301 g/mol. The number of methoxy groups -OCH3 is 1. The smallest absolute Gasteiger partial charge is 0.342 e. The molecule has 1 aromatic rings. The molecule has 0 saturated carbocycles. The number of hydrogen-bond donors (Lipinski definition) is 3. The molecule has 9 heteroatoms. The summed E-state index contributed by atoms with van der Waals surface area (Å²) in [6, 6.07) is 1.56. The number of hydrogen-bond acceptors (Lipinski definition) is 6. The number of esters is 1. The van der Waals surface area contributed by atoms with E-state index in [0.29, 0.717) is 0 Å². The van der Waals surface area contributed by atoms with E-state index in [4.69, 9.17) is 27.8 Å². The van der Waals surface area contributed by atoms with Gasteiger partial charge in [-0.05, 0) is 6.07 Å². The molecule has 0 aromatic heterocycles. The van der Waals surface area contributed by atoms with Gasteiger partial charge in [0.15, 0.2) is 6.61 Å². The second kappa shape index (κ2) is 6.62. The van der Waals surface area contributed by atoms with Crippen molar-refractivity contribution in [3.8, 4) is 5.75 Å². The van der Waals surface area contributed by atoms with E-state index in [1.54, 1.807) is 5.32 Å². The average Bonchev–Trinajstić information content (AvgIpc) is 2.37. The second-order valence-electron chi connectivity index (χ2n) is 3.56. The van der Waals surface area contributed by atoms with Crippen molar-refractivity contribution in [2.75, 3.05) is 19.5 Å². The van der Waals surface area contributed by atoms with Gasteiger partial charge in [-0.2, -0.15) is 0 Å². The molecule has 8 nitrogen and oxygen atoms in total. The fraction of sp³-hybridized carbons (Fsp3) is 0.182. The van der Waals surface area contributed by atoms with Crippen LogP contribution >= 0.6 is 11.6 Å². The first-order valence-corrected chi connectivity index (χ1v) is 5.62. The summed E-state index contributed by atoms with van der Waals surface area (Å²) in [7, 11) is 1.33.